The Morgan fingerprint density at radius 1 is 0.696 bits per heavy atom. The van der Waals surface area contributed by atoms with E-state index in [0.717, 1.165) is 37.1 Å². The molecule has 0 amide bonds. The maximum absolute atomic E-state index is 2.49. The minimum atomic E-state index is 0.0465. The highest BCUT2D eigenvalue weighted by molar-refractivity contribution is 5.70. The Hall–Kier alpha value is -5.28. The molecule has 0 radical (unpaired) electrons. The summed E-state index contributed by atoms with van der Waals surface area (Å²) in [5, 5.41) is 0. The van der Waals surface area contributed by atoms with Crippen LogP contribution in [0.3, 0.4) is 0 Å². The molecule has 0 bridgehead atoms. The SMILES string of the molecule is CC=CC=C(CC)N(C1=CC(N(C2=CCCC=C2)c2ccccc2)=CC(N(c2ccccc2)c2ccccc2)C1)c1ccccc1. The Morgan fingerprint density at radius 2 is 1.26 bits per heavy atom. The molecule has 2 aliphatic carbocycles. The predicted octanol–water partition coefficient (Wildman–Crippen LogP) is 11.5. The van der Waals surface area contributed by atoms with Gasteiger partial charge in [0.15, 0.2) is 0 Å². The van der Waals surface area contributed by atoms with Crippen LogP contribution in [0.15, 0.2) is 193 Å². The van der Waals surface area contributed by atoms with Gasteiger partial charge in [0.2, 0.25) is 0 Å². The smallest absolute Gasteiger partial charge is 0.0600 e. The van der Waals surface area contributed by atoms with Gasteiger partial charge in [-0.2, -0.15) is 0 Å². The summed E-state index contributed by atoms with van der Waals surface area (Å²) in [7, 11) is 0. The van der Waals surface area contributed by atoms with Crippen molar-refractivity contribution in [2.24, 2.45) is 0 Å². The van der Waals surface area contributed by atoms with Gasteiger partial charge in [-0.05, 0) is 99.0 Å². The van der Waals surface area contributed by atoms with Crippen molar-refractivity contribution in [2.75, 3.05) is 14.7 Å². The Kier molecular flexibility index (Phi) is 10.1. The first-order valence-corrected chi connectivity index (χ1v) is 16.5. The standard InChI is InChI=1S/C43H43N3/c1-3-5-21-35(4-2)44(36-22-11-6-12-23-36)41-32-42(45(37-24-13-7-14-25-37)38-26-15-8-16-27-38)34-43(33-41)46(39-28-17-9-18-29-39)40-30-19-10-20-31-40/h3,5-9,11-19,21-31,33-34,42H,4,10,20,32H2,1-2H3. The zero-order chi connectivity index (χ0) is 31.6. The van der Waals surface area contributed by atoms with Crippen LogP contribution in [0.25, 0.3) is 0 Å². The fourth-order valence-corrected chi connectivity index (χ4v) is 6.36. The molecule has 0 spiro atoms. The van der Waals surface area contributed by atoms with Crippen molar-refractivity contribution in [1.29, 1.82) is 0 Å². The lowest BCUT2D eigenvalue weighted by Gasteiger charge is -2.41. The summed E-state index contributed by atoms with van der Waals surface area (Å²) in [6.07, 6.45) is 22.2. The number of nitrogens with zero attached hydrogens (tertiary/aromatic N) is 3. The van der Waals surface area contributed by atoms with Crippen LogP contribution < -0.4 is 14.7 Å². The molecule has 2 aliphatic rings. The topological polar surface area (TPSA) is 9.72 Å². The minimum Gasteiger partial charge on any atom is -0.334 e. The first-order valence-electron chi connectivity index (χ1n) is 16.5. The van der Waals surface area contributed by atoms with E-state index in [-0.39, 0.29) is 6.04 Å². The van der Waals surface area contributed by atoms with Crippen molar-refractivity contribution in [3.8, 4) is 0 Å². The van der Waals surface area contributed by atoms with Crippen molar-refractivity contribution >= 4 is 22.7 Å². The monoisotopic (exact) mass is 601 g/mol. The number of rotatable bonds is 11. The van der Waals surface area contributed by atoms with Gasteiger partial charge in [0.25, 0.3) is 0 Å². The molecule has 0 heterocycles. The molecule has 0 saturated heterocycles. The van der Waals surface area contributed by atoms with Gasteiger partial charge >= 0.3 is 0 Å². The van der Waals surface area contributed by atoms with E-state index in [2.05, 4.69) is 198 Å². The first kappa shape index (κ1) is 30.7. The molecule has 1 atom stereocenters. The van der Waals surface area contributed by atoms with Crippen LogP contribution in [0.5, 0.6) is 0 Å². The Morgan fingerprint density at radius 3 is 1.78 bits per heavy atom. The molecule has 230 valence electrons. The van der Waals surface area contributed by atoms with E-state index in [0.29, 0.717) is 0 Å². The molecule has 3 nitrogen and oxygen atoms in total. The van der Waals surface area contributed by atoms with Crippen molar-refractivity contribution in [3.63, 3.8) is 0 Å². The van der Waals surface area contributed by atoms with E-state index < -0.39 is 0 Å². The molecule has 1 unspecified atom stereocenters. The molecule has 3 heteroatoms. The minimum absolute atomic E-state index is 0.0465. The largest absolute Gasteiger partial charge is 0.334 e. The van der Waals surface area contributed by atoms with E-state index in [1.165, 1.54) is 34.2 Å². The second-order valence-corrected chi connectivity index (χ2v) is 11.5. The molecule has 0 fully saturated rings. The van der Waals surface area contributed by atoms with E-state index >= 15 is 0 Å². The van der Waals surface area contributed by atoms with E-state index in [1.807, 2.05) is 0 Å². The van der Waals surface area contributed by atoms with Gasteiger partial charge in [-0.25, -0.2) is 0 Å². The predicted molar refractivity (Wildman–Crippen MR) is 197 cm³/mol. The maximum atomic E-state index is 2.49. The number of anilines is 4. The lowest BCUT2D eigenvalue weighted by molar-refractivity contribution is 0.723. The number of allylic oxidation sites excluding steroid dienone is 8. The van der Waals surface area contributed by atoms with Gasteiger partial charge in [0.1, 0.15) is 0 Å². The normalized spacial score (nSPS) is 16.4. The summed E-state index contributed by atoms with van der Waals surface area (Å²) >= 11 is 0. The third kappa shape index (κ3) is 7.00. The number of hydrogen-bond donors (Lipinski definition) is 0. The summed E-state index contributed by atoms with van der Waals surface area (Å²) in [6, 6.07) is 43.2. The molecular weight excluding hydrogens is 558 g/mol. The first-order chi connectivity index (χ1) is 22.8. The van der Waals surface area contributed by atoms with Crippen molar-refractivity contribution < 1.29 is 0 Å². The van der Waals surface area contributed by atoms with Gasteiger partial charge in [-0.3, -0.25) is 0 Å². The molecule has 6 rings (SSSR count). The van der Waals surface area contributed by atoms with Crippen LogP contribution >= 0.6 is 0 Å². The molecule has 4 aromatic rings. The van der Waals surface area contributed by atoms with Crippen LogP contribution in [-0.2, 0) is 0 Å². The van der Waals surface area contributed by atoms with Crippen LogP contribution in [-0.4, -0.2) is 6.04 Å². The van der Waals surface area contributed by atoms with E-state index in [9.17, 15) is 0 Å². The Balaban J connectivity index is 1.58. The van der Waals surface area contributed by atoms with Gasteiger partial charge in [-0.15, -0.1) is 0 Å². The highest BCUT2D eigenvalue weighted by atomic mass is 15.2. The molecule has 46 heavy (non-hydrogen) atoms. The quantitative estimate of drug-likeness (QED) is 0.158. The van der Waals surface area contributed by atoms with E-state index in [4.69, 9.17) is 0 Å². The average molecular weight is 602 g/mol. The fourth-order valence-electron chi connectivity index (χ4n) is 6.36. The van der Waals surface area contributed by atoms with Gasteiger partial charge in [-0.1, -0.05) is 104 Å². The average Bonchev–Trinajstić information content (AvgIpc) is 3.12. The lowest BCUT2D eigenvalue weighted by Crippen LogP contribution is -2.37. The Bertz CT molecular complexity index is 1710. The highest BCUT2D eigenvalue weighted by Crippen LogP contribution is 2.40. The summed E-state index contributed by atoms with van der Waals surface area (Å²) < 4.78 is 0. The van der Waals surface area contributed by atoms with Crippen LogP contribution in [0.1, 0.15) is 39.5 Å². The molecular formula is C43H43N3. The van der Waals surface area contributed by atoms with Crippen molar-refractivity contribution in [2.45, 2.75) is 45.6 Å². The summed E-state index contributed by atoms with van der Waals surface area (Å²) in [5.74, 6) is 0. The number of benzene rings is 4. The van der Waals surface area contributed by atoms with Crippen LogP contribution in [0, 0.1) is 0 Å². The molecule has 0 aliphatic heterocycles. The lowest BCUT2D eigenvalue weighted by atomic mass is 9.96. The molecule has 0 N–H and O–H groups in total. The zero-order valence-corrected chi connectivity index (χ0v) is 26.9. The number of para-hydroxylation sites is 4. The maximum Gasteiger partial charge on any atom is 0.0600 e. The Labute approximate surface area is 275 Å². The van der Waals surface area contributed by atoms with Gasteiger partial charge < -0.3 is 14.7 Å². The van der Waals surface area contributed by atoms with Crippen LogP contribution in [0.4, 0.5) is 22.7 Å². The zero-order valence-electron chi connectivity index (χ0n) is 26.9. The van der Waals surface area contributed by atoms with E-state index in [1.54, 1.807) is 0 Å². The van der Waals surface area contributed by atoms with Gasteiger partial charge in [0, 0.05) is 52.0 Å². The number of hydrogen-bond acceptors (Lipinski definition) is 3. The summed E-state index contributed by atoms with van der Waals surface area (Å²) in [4.78, 5) is 7.40. The van der Waals surface area contributed by atoms with Crippen LogP contribution in [0.2, 0.25) is 0 Å². The van der Waals surface area contributed by atoms with Crippen molar-refractivity contribution in [3.05, 3.63) is 193 Å². The highest BCUT2D eigenvalue weighted by Gasteiger charge is 2.30. The van der Waals surface area contributed by atoms with Gasteiger partial charge in [0.05, 0.1) is 6.04 Å². The second kappa shape index (κ2) is 15.1. The fraction of sp³-hybridized carbons (Fsp3) is 0.163. The summed E-state index contributed by atoms with van der Waals surface area (Å²) in [6.45, 7) is 4.32. The molecule has 0 saturated carbocycles. The second-order valence-electron chi connectivity index (χ2n) is 11.5. The summed E-state index contributed by atoms with van der Waals surface area (Å²) in [5.41, 5.74) is 9.54. The van der Waals surface area contributed by atoms with Crippen molar-refractivity contribution in [1.82, 2.24) is 0 Å². The third-order valence-corrected chi connectivity index (χ3v) is 8.43. The third-order valence-electron chi connectivity index (χ3n) is 8.43. The molecule has 4 aromatic carbocycles. The molecule has 0 aromatic heterocycles.